The predicted molar refractivity (Wildman–Crippen MR) is 80.2 cm³/mol. The summed E-state index contributed by atoms with van der Waals surface area (Å²) in [5.41, 5.74) is 10.7. The van der Waals surface area contributed by atoms with Gasteiger partial charge in [0.1, 0.15) is 0 Å². The number of nitrogens with one attached hydrogen (secondary N) is 1. The molecule has 1 aromatic carbocycles. The first-order valence-corrected chi connectivity index (χ1v) is 7.51. The van der Waals surface area contributed by atoms with Crippen molar-refractivity contribution in [1.29, 1.82) is 0 Å². The second-order valence-corrected chi connectivity index (χ2v) is 6.04. The van der Waals surface area contributed by atoms with Crippen LogP contribution in [0.25, 0.3) is 0 Å². The third-order valence-electron chi connectivity index (χ3n) is 4.65. The molecule has 3 N–H and O–H groups in total. The quantitative estimate of drug-likeness (QED) is 0.795. The standard InChI is InChI=1S/C17H24N2/c18-13-17(19-10-9-14-5-1-2-6-14)11-15-7-3-4-8-16(15)12-17/h3-5,7-8,19H,1-2,6,9-13,18H2. The van der Waals surface area contributed by atoms with Crippen molar-refractivity contribution >= 4 is 0 Å². The van der Waals surface area contributed by atoms with Crippen LogP contribution in [0.5, 0.6) is 0 Å². The van der Waals surface area contributed by atoms with Gasteiger partial charge in [-0.25, -0.2) is 0 Å². The molecule has 0 radical (unpaired) electrons. The minimum Gasteiger partial charge on any atom is -0.329 e. The summed E-state index contributed by atoms with van der Waals surface area (Å²) in [4.78, 5) is 0. The van der Waals surface area contributed by atoms with Crippen molar-refractivity contribution < 1.29 is 0 Å². The third-order valence-corrected chi connectivity index (χ3v) is 4.65. The van der Waals surface area contributed by atoms with E-state index in [9.17, 15) is 0 Å². The summed E-state index contributed by atoms with van der Waals surface area (Å²) in [6.07, 6.45) is 9.71. The summed E-state index contributed by atoms with van der Waals surface area (Å²) in [5.74, 6) is 0. The lowest BCUT2D eigenvalue weighted by Crippen LogP contribution is -2.52. The van der Waals surface area contributed by atoms with Crippen molar-refractivity contribution in [1.82, 2.24) is 5.32 Å². The first kappa shape index (κ1) is 12.9. The second-order valence-electron chi connectivity index (χ2n) is 6.04. The van der Waals surface area contributed by atoms with Crippen molar-refractivity contribution in [2.24, 2.45) is 5.73 Å². The highest BCUT2D eigenvalue weighted by molar-refractivity contribution is 5.36. The van der Waals surface area contributed by atoms with Gasteiger partial charge in [0.15, 0.2) is 0 Å². The highest BCUT2D eigenvalue weighted by Gasteiger charge is 2.35. The molecule has 0 saturated carbocycles. The monoisotopic (exact) mass is 256 g/mol. The Bertz CT molecular complexity index is 451. The Morgan fingerprint density at radius 3 is 2.47 bits per heavy atom. The molecule has 0 aromatic heterocycles. The molecular formula is C17H24N2. The number of nitrogens with two attached hydrogens (primary N) is 1. The van der Waals surface area contributed by atoms with Crippen LogP contribution in [0.2, 0.25) is 0 Å². The van der Waals surface area contributed by atoms with E-state index in [1.54, 1.807) is 5.57 Å². The highest BCUT2D eigenvalue weighted by atomic mass is 15.0. The molecule has 0 spiro atoms. The van der Waals surface area contributed by atoms with Crippen LogP contribution in [0.4, 0.5) is 0 Å². The minimum absolute atomic E-state index is 0.100. The molecular weight excluding hydrogens is 232 g/mol. The molecule has 2 aliphatic carbocycles. The first-order valence-electron chi connectivity index (χ1n) is 7.51. The van der Waals surface area contributed by atoms with Gasteiger partial charge in [0, 0.05) is 12.1 Å². The molecule has 19 heavy (non-hydrogen) atoms. The van der Waals surface area contributed by atoms with Crippen molar-refractivity contribution in [2.75, 3.05) is 13.1 Å². The molecule has 0 unspecified atom stereocenters. The Morgan fingerprint density at radius 1 is 1.16 bits per heavy atom. The average Bonchev–Trinajstić information content (AvgIpc) is 3.05. The van der Waals surface area contributed by atoms with Gasteiger partial charge in [-0.2, -0.15) is 0 Å². The maximum atomic E-state index is 6.07. The van der Waals surface area contributed by atoms with Crippen LogP contribution < -0.4 is 11.1 Å². The molecule has 0 fully saturated rings. The lowest BCUT2D eigenvalue weighted by molar-refractivity contribution is 0.350. The van der Waals surface area contributed by atoms with E-state index in [-0.39, 0.29) is 5.54 Å². The Labute approximate surface area is 116 Å². The zero-order valence-corrected chi connectivity index (χ0v) is 11.6. The van der Waals surface area contributed by atoms with Crippen LogP contribution in [0.3, 0.4) is 0 Å². The van der Waals surface area contributed by atoms with E-state index in [2.05, 4.69) is 35.7 Å². The molecule has 3 rings (SSSR count). The van der Waals surface area contributed by atoms with E-state index in [4.69, 9.17) is 5.73 Å². The Kier molecular flexibility index (Phi) is 3.72. The van der Waals surface area contributed by atoms with Gasteiger partial charge in [0.25, 0.3) is 0 Å². The summed E-state index contributed by atoms with van der Waals surface area (Å²) in [6, 6.07) is 8.76. The van der Waals surface area contributed by atoms with Crippen LogP contribution in [0.1, 0.15) is 36.8 Å². The van der Waals surface area contributed by atoms with Crippen LogP contribution in [-0.4, -0.2) is 18.6 Å². The van der Waals surface area contributed by atoms with E-state index < -0.39 is 0 Å². The molecule has 2 heteroatoms. The second kappa shape index (κ2) is 5.48. The fraction of sp³-hybridized carbons (Fsp3) is 0.529. The minimum atomic E-state index is 0.100. The molecule has 2 nitrogen and oxygen atoms in total. The molecule has 0 amide bonds. The Morgan fingerprint density at radius 2 is 1.89 bits per heavy atom. The molecule has 0 atom stereocenters. The first-order chi connectivity index (χ1) is 9.31. The maximum absolute atomic E-state index is 6.07. The lowest BCUT2D eigenvalue weighted by atomic mass is 9.95. The topological polar surface area (TPSA) is 38.0 Å². The largest absolute Gasteiger partial charge is 0.329 e. The molecule has 2 aliphatic rings. The Balaban J connectivity index is 1.59. The maximum Gasteiger partial charge on any atom is 0.0385 e. The number of fused-ring (bicyclic) bond motifs is 1. The van der Waals surface area contributed by atoms with Crippen molar-refractivity contribution in [3.8, 4) is 0 Å². The lowest BCUT2D eigenvalue weighted by Gasteiger charge is -2.29. The van der Waals surface area contributed by atoms with Gasteiger partial charge in [0.05, 0.1) is 0 Å². The predicted octanol–water partition coefficient (Wildman–Crippen LogP) is 2.57. The fourth-order valence-electron chi connectivity index (χ4n) is 3.49. The number of hydrogen-bond acceptors (Lipinski definition) is 2. The van der Waals surface area contributed by atoms with Crippen LogP contribution >= 0.6 is 0 Å². The average molecular weight is 256 g/mol. The molecule has 102 valence electrons. The summed E-state index contributed by atoms with van der Waals surface area (Å²) in [7, 11) is 0. The van der Waals surface area contributed by atoms with E-state index in [1.165, 1.54) is 36.8 Å². The smallest absolute Gasteiger partial charge is 0.0385 e. The van der Waals surface area contributed by atoms with E-state index in [1.807, 2.05) is 0 Å². The van der Waals surface area contributed by atoms with E-state index in [0.29, 0.717) is 0 Å². The van der Waals surface area contributed by atoms with Gasteiger partial charge in [-0.1, -0.05) is 35.9 Å². The van der Waals surface area contributed by atoms with Crippen molar-refractivity contribution in [3.05, 3.63) is 47.0 Å². The SMILES string of the molecule is NCC1(NCCC2=CCCC2)Cc2ccccc2C1. The van der Waals surface area contributed by atoms with Gasteiger partial charge in [-0.3, -0.25) is 0 Å². The molecule has 0 bridgehead atoms. The number of benzene rings is 1. The van der Waals surface area contributed by atoms with Crippen molar-refractivity contribution in [3.63, 3.8) is 0 Å². The molecule has 0 saturated heterocycles. The van der Waals surface area contributed by atoms with Gasteiger partial charge in [-0.15, -0.1) is 0 Å². The summed E-state index contributed by atoms with van der Waals surface area (Å²) in [6.45, 7) is 1.79. The summed E-state index contributed by atoms with van der Waals surface area (Å²) >= 11 is 0. The Hall–Kier alpha value is -1.12. The molecule has 0 heterocycles. The van der Waals surface area contributed by atoms with E-state index in [0.717, 1.165) is 25.9 Å². The number of allylic oxidation sites excluding steroid dienone is 1. The fourth-order valence-corrected chi connectivity index (χ4v) is 3.49. The highest BCUT2D eigenvalue weighted by Crippen LogP contribution is 2.29. The molecule has 1 aromatic rings. The van der Waals surface area contributed by atoms with Crippen LogP contribution in [0, 0.1) is 0 Å². The third kappa shape index (κ3) is 2.75. The normalized spacial score (nSPS) is 20.4. The van der Waals surface area contributed by atoms with Crippen LogP contribution in [-0.2, 0) is 12.8 Å². The van der Waals surface area contributed by atoms with Crippen LogP contribution in [0.15, 0.2) is 35.9 Å². The van der Waals surface area contributed by atoms with Gasteiger partial charge in [0.2, 0.25) is 0 Å². The summed E-state index contributed by atoms with van der Waals surface area (Å²) in [5, 5.41) is 3.75. The van der Waals surface area contributed by atoms with Gasteiger partial charge < -0.3 is 11.1 Å². The zero-order valence-electron chi connectivity index (χ0n) is 11.6. The zero-order chi connectivity index (χ0) is 13.1. The molecule has 0 aliphatic heterocycles. The number of hydrogen-bond donors (Lipinski definition) is 2. The van der Waals surface area contributed by atoms with E-state index >= 15 is 0 Å². The van der Waals surface area contributed by atoms with Gasteiger partial charge in [-0.05, 0) is 56.2 Å². The van der Waals surface area contributed by atoms with Gasteiger partial charge >= 0.3 is 0 Å². The summed E-state index contributed by atoms with van der Waals surface area (Å²) < 4.78 is 0. The van der Waals surface area contributed by atoms with Crippen molar-refractivity contribution in [2.45, 2.75) is 44.1 Å². The number of rotatable bonds is 5.